The van der Waals surface area contributed by atoms with E-state index in [1.54, 1.807) is 31.4 Å². The first-order valence-corrected chi connectivity index (χ1v) is 12.3. The molecular formula is C25H20IN3O5S. The van der Waals surface area contributed by atoms with Crippen molar-refractivity contribution in [1.29, 1.82) is 0 Å². The smallest absolute Gasteiger partial charge is 0.269 e. The van der Waals surface area contributed by atoms with Gasteiger partial charge in [0.25, 0.3) is 11.6 Å². The van der Waals surface area contributed by atoms with E-state index >= 15 is 0 Å². The van der Waals surface area contributed by atoms with Gasteiger partial charge in [-0.05, 0) is 94.9 Å². The molecular weight excluding hydrogens is 581 g/mol. The molecule has 3 aromatic rings. The Morgan fingerprint density at radius 1 is 1.14 bits per heavy atom. The zero-order valence-electron chi connectivity index (χ0n) is 18.8. The molecule has 0 unspecified atom stereocenters. The van der Waals surface area contributed by atoms with Gasteiger partial charge in [0, 0.05) is 12.1 Å². The number of nitro groups is 1. The van der Waals surface area contributed by atoms with Gasteiger partial charge in [0.15, 0.2) is 16.7 Å². The Kier molecular flexibility index (Phi) is 7.71. The van der Waals surface area contributed by atoms with E-state index in [1.807, 2.05) is 37.3 Å². The molecule has 0 saturated carbocycles. The highest BCUT2D eigenvalue weighted by molar-refractivity contribution is 14.1. The molecule has 0 aliphatic carbocycles. The van der Waals surface area contributed by atoms with E-state index in [0.29, 0.717) is 21.6 Å². The molecule has 1 amide bonds. The number of carbonyl (C=O) groups is 1. The molecule has 1 heterocycles. The average Bonchev–Trinajstić information content (AvgIpc) is 3.18. The molecule has 35 heavy (non-hydrogen) atoms. The molecule has 0 bridgehead atoms. The summed E-state index contributed by atoms with van der Waals surface area (Å²) in [5.74, 6) is 0.856. The number of non-ortho nitro benzene ring substituents is 1. The largest absolute Gasteiger partial charge is 0.493 e. The summed E-state index contributed by atoms with van der Waals surface area (Å²) in [6, 6.07) is 17.6. The lowest BCUT2D eigenvalue weighted by atomic mass is 10.1. The number of thioether (sulfide) groups is 1. The summed E-state index contributed by atoms with van der Waals surface area (Å²) < 4.78 is 12.3. The number of rotatable bonds is 7. The van der Waals surface area contributed by atoms with Gasteiger partial charge in [0.1, 0.15) is 6.61 Å². The number of aliphatic imine (C=N–C) groups is 1. The van der Waals surface area contributed by atoms with Crippen molar-refractivity contribution in [3.63, 3.8) is 0 Å². The number of ether oxygens (including phenoxy) is 2. The van der Waals surface area contributed by atoms with Crippen LogP contribution in [-0.2, 0) is 11.4 Å². The molecule has 1 saturated heterocycles. The third kappa shape index (κ3) is 6.20. The number of methoxy groups -OCH3 is 1. The number of halogens is 1. The Hall–Kier alpha value is -3.38. The molecule has 4 rings (SSSR count). The first kappa shape index (κ1) is 24.7. The van der Waals surface area contributed by atoms with Crippen LogP contribution in [0.1, 0.15) is 16.7 Å². The Balaban J connectivity index is 1.50. The van der Waals surface area contributed by atoms with Crippen molar-refractivity contribution in [3.8, 4) is 11.5 Å². The van der Waals surface area contributed by atoms with Gasteiger partial charge in [0.2, 0.25) is 0 Å². The second-order valence-electron chi connectivity index (χ2n) is 7.56. The van der Waals surface area contributed by atoms with Crippen LogP contribution in [0.3, 0.4) is 0 Å². The minimum atomic E-state index is -0.440. The third-order valence-corrected chi connectivity index (χ3v) is 6.71. The maximum Gasteiger partial charge on any atom is 0.269 e. The SMILES string of the molecule is COc1cc(/C=C2/SC(=Nc3ccc(C)cc3)NC2=O)cc(I)c1OCc1ccc([N+](=O)[O-])cc1. The number of nitrogens with one attached hydrogen (secondary N) is 1. The van der Waals surface area contributed by atoms with Crippen LogP contribution in [-0.4, -0.2) is 23.1 Å². The lowest BCUT2D eigenvalue weighted by Crippen LogP contribution is -2.19. The van der Waals surface area contributed by atoms with Gasteiger partial charge in [-0.25, -0.2) is 4.99 Å². The summed E-state index contributed by atoms with van der Waals surface area (Å²) in [6.07, 6.45) is 1.78. The number of amides is 1. The van der Waals surface area contributed by atoms with Crippen LogP contribution >= 0.6 is 34.4 Å². The zero-order valence-corrected chi connectivity index (χ0v) is 21.8. The van der Waals surface area contributed by atoms with Crippen LogP contribution < -0.4 is 14.8 Å². The van der Waals surface area contributed by atoms with E-state index in [-0.39, 0.29) is 18.2 Å². The van der Waals surface area contributed by atoms with Crippen LogP contribution in [0.4, 0.5) is 11.4 Å². The molecule has 1 aliphatic rings. The van der Waals surface area contributed by atoms with Crippen LogP contribution in [0.15, 0.2) is 70.6 Å². The third-order valence-electron chi connectivity index (χ3n) is 5.00. The molecule has 10 heteroatoms. The summed E-state index contributed by atoms with van der Waals surface area (Å²) in [6.45, 7) is 2.23. The molecule has 0 atom stereocenters. The van der Waals surface area contributed by atoms with Gasteiger partial charge >= 0.3 is 0 Å². The number of amidine groups is 1. The van der Waals surface area contributed by atoms with Crippen molar-refractivity contribution in [2.75, 3.05) is 7.11 Å². The van der Waals surface area contributed by atoms with Gasteiger partial charge in [0.05, 0.1) is 26.2 Å². The summed E-state index contributed by atoms with van der Waals surface area (Å²) in [7, 11) is 1.55. The minimum Gasteiger partial charge on any atom is -0.493 e. The molecule has 3 aromatic carbocycles. The van der Waals surface area contributed by atoms with Crippen molar-refractivity contribution >= 4 is 62.9 Å². The predicted molar refractivity (Wildman–Crippen MR) is 145 cm³/mol. The molecule has 1 aliphatic heterocycles. The number of hydrogen-bond donors (Lipinski definition) is 1. The molecule has 1 fully saturated rings. The number of nitro benzene ring substituents is 1. The number of aryl methyl sites for hydroxylation is 1. The Labute approximate surface area is 219 Å². The lowest BCUT2D eigenvalue weighted by molar-refractivity contribution is -0.384. The monoisotopic (exact) mass is 601 g/mol. The fourth-order valence-corrected chi connectivity index (χ4v) is 4.82. The lowest BCUT2D eigenvalue weighted by Gasteiger charge is -2.14. The van der Waals surface area contributed by atoms with Crippen LogP contribution in [0.2, 0.25) is 0 Å². The van der Waals surface area contributed by atoms with Gasteiger partial charge in [-0.3, -0.25) is 14.9 Å². The highest BCUT2D eigenvalue weighted by Crippen LogP contribution is 2.36. The van der Waals surface area contributed by atoms with E-state index in [4.69, 9.17) is 9.47 Å². The van der Waals surface area contributed by atoms with Crippen molar-refractivity contribution in [2.45, 2.75) is 13.5 Å². The van der Waals surface area contributed by atoms with Crippen LogP contribution in [0.5, 0.6) is 11.5 Å². The topological polar surface area (TPSA) is 103 Å². The normalized spacial score (nSPS) is 15.3. The van der Waals surface area contributed by atoms with E-state index in [2.05, 4.69) is 32.9 Å². The van der Waals surface area contributed by atoms with Crippen LogP contribution in [0.25, 0.3) is 6.08 Å². The molecule has 8 nitrogen and oxygen atoms in total. The quantitative estimate of drug-likeness (QED) is 0.155. The van der Waals surface area contributed by atoms with E-state index in [0.717, 1.165) is 25.9 Å². The van der Waals surface area contributed by atoms with E-state index in [1.165, 1.54) is 23.9 Å². The fraction of sp³-hybridized carbons (Fsp3) is 0.120. The first-order valence-electron chi connectivity index (χ1n) is 10.4. The van der Waals surface area contributed by atoms with Gasteiger partial charge in [-0.2, -0.15) is 0 Å². The highest BCUT2D eigenvalue weighted by atomic mass is 127. The Morgan fingerprint density at radius 3 is 2.51 bits per heavy atom. The summed E-state index contributed by atoms with van der Waals surface area (Å²) >= 11 is 3.43. The summed E-state index contributed by atoms with van der Waals surface area (Å²) in [4.78, 5) is 27.9. The number of benzene rings is 3. The van der Waals surface area contributed by atoms with Crippen molar-refractivity contribution in [2.24, 2.45) is 4.99 Å². The second kappa shape index (κ2) is 10.9. The number of nitrogens with zero attached hydrogens (tertiary/aromatic N) is 2. The average molecular weight is 601 g/mol. The molecule has 0 aromatic heterocycles. The maximum absolute atomic E-state index is 12.5. The second-order valence-corrected chi connectivity index (χ2v) is 9.76. The first-order chi connectivity index (χ1) is 16.8. The summed E-state index contributed by atoms with van der Waals surface area (Å²) in [5.41, 5.74) is 3.51. The molecule has 0 radical (unpaired) electrons. The van der Waals surface area contributed by atoms with Crippen molar-refractivity contribution in [3.05, 3.63) is 95.9 Å². The Bertz CT molecular complexity index is 1340. The Morgan fingerprint density at radius 2 is 1.86 bits per heavy atom. The molecule has 178 valence electrons. The summed E-state index contributed by atoms with van der Waals surface area (Å²) in [5, 5.41) is 14.1. The van der Waals surface area contributed by atoms with Gasteiger partial charge in [-0.15, -0.1) is 0 Å². The van der Waals surface area contributed by atoms with Crippen LogP contribution in [0, 0.1) is 20.6 Å². The molecule has 0 spiro atoms. The van der Waals surface area contributed by atoms with E-state index in [9.17, 15) is 14.9 Å². The number of carbonyl (C=O) groups excluding carboxylic acids is 1. The van der Waals surface area contributed by atoms with Crippen molar-refractivity contribution in [1.82, 2.24) is 5.32 Å². The van der Waals surface area contributed by atoms with Crippen molar-refractivity contribution < 1.29 is 19.2 Å². The number of hydrogen-bond acceptors (Lipinski definition) is 7. The van der Waals surface area contributed by atoms with Gasteiger partial charge < -0.3 is 14.8 Å². The standard InChI is InChI=1S/C25H20IN3O5S/c1-15-3-7-18(8-4-15)27-25-28-24(30)22(35-25)13-17-11-20(26)23(21(12-17)33-2)34-14-16-5-9-19(10-6-16)29(31)32/h3-13H,14H2,1-2H3,(H,27,28,30)/b22-13+. The van der Waals surface area contributed by atoms with Gasteiger partial charge in [-0.1, -0.05) is 17.7 Å². The maximum atomic E-state index is 12.5. The predicted octanol–water partition coefficient (Wildman–Crippen LogP) is 5.99. The minimum absolute atomic E-state index is 0.0270. The fourth-order valence-electron chi connectivity index (χ4n) is 3.20. The highest BCUT2D eigenvalue weighted by Gasteiger charge is 2.24. The molecule has 1 N–H and O–H groups in total. The zero-order chi connectivity index (χ0) is 24.9. The van der Waals surface area contributed by atoms with E-state index < -0.39 is 4.92 Å².